The smallest absolute Gasteiger partial charge is 0.417 e. The number of likely N-dealkylation sites (tertiary alicyclic amines) is 1. The molecular formula is C12H22NO3+. The summed E-state index contributed by atoms with van der Waals surface area (Å²) in [6, 6.07) is 0.0544. The van der Waals surface area contributed by atoms with Crippen molar-refractivity contribution < 1.29 is 18.8 Å². The van der Waals surface area contributed by atoms with Crippen molar-refractivity contribution in [3.8, 4) is 0 Å². The van der Waals surface area contributed by atoms with Gasteiger partial charge in [-0.25, -0.2) is 4.79 Å². The largest absolute Gasteiger partial charge is 0.524 e. The topological polar surface area (TPSA) is 43.4 Å². The highest BCUT2D eigenvalue weighted by molar-refractivity contribution is 5.81. The van der Waals surface area contributed by atoms with E-state index in [0.29, 0.717) is 13.0 Å². The molecule has 4 nitrogen and oxygen atoms in total. The Labute approximate surface area is 97.2 Å². The predicted octanol–water partition coefficient (Wildman–Crippen LogP) is 2.47. The van der Waals surface area contributed by atoms with Gasteiger partial charge < -0.3 is 4.74 Å². The third-order valence-electron chi connectivity index (χ3n) is 3.29. The van der Waals surface area contributed by atoms with Gasteiger partial charge >= 0.3 is 12.0 Å². The van der Waals surface area contributed by atoms with Gasteiger partial charge in [0.25, 0.3) is 0 Å². The van der Waals surface area contributed by atoms with Crippen LogP contribution in [-0.2, 0) is 9.53 Å². The van der Waals surface area contributed by atoms with Crippen molar-refractivity contribution in [3.05, 3.63) is 0 Å². The molecule has 0 aromatic rings. The van der Waals surface area contributed by atoms with Crippen molar-refractivity contribution in [2.75, 3.05) is 6.54 Å². The second-order valence-electron chi connectivity index (χ2n) is 4.76. The lowest BCUT2D eigenvalue weighted by atomic mass is 10.2. The van der Waals surface area contributed by atoms with Gasteiger partial charge in [-0.1, -0.05) is 6.92 Å². The van der Waals surface area contributed by atoms with Crippen LogP contribution in [0.5, 0.6) is 0 Å². The van der Waals surface area contributed by atoms with Crippen LogP contribution in [0.4, 0.5) is 4.79 Å². The zero-order valence-electron chi connectivity index (χ0n) is 10.7. The van der Waals surface area contributed by atoms with Crippen LogP contribution < -0.4 is 0 Å². The molecule has 2 atom stereocenters. The van der Waals surface area contributed by atoms with Gasteiger partial charge in [-0.05, 0) is 20.8 Å². The number of hydrogen-bond donors (Lipinski definition) is 0. The maximum Gasteiger partial charge on any atom is 0.524 e. The van der Waals surface area contributed by atoms with Crippen LogP contribution in [0.3, 0.4) is 0 Å². The second-order valence-corrected chi connectivity index (χ2v) is 4.76. The summed E-state index contributed by atoms with van der Waals surface area (Å²) >= 11 is 0. The summed E-state index contributed by atoms with van der Waals surface area (Å²) in [7, 11) is 0. The molecule has 1 saturated heterocycles. The summed E-state index contributed by atoms with van der Waals surface area (Å²) in [5.74, 6) is -0.0179. The van der Waals surface area contributed by atoms with Crippen LogP contribution in [0.2, 0.25) is 0 Å². The van der Waals surface area contributed by atoms with Gasteiger partial charge in [0.2, 0.25) is 0 Å². The molecular weight excluding hydrogens is 206 g/mol. The molecule has 4 heteroatoms. The Morgan fingerprint density at radius 2 is 2.06 bits per heavy atom. The molecule has 0 aromatic carbocycles. The van der Waals surface area contributed by atoms with Crippen LogP contribution in [0.25, 0.3) is 0 Å². The van der Waals surface area contributed by atoms with Gasteiger partial charge in [0.1, 0.15) is 12.1 Å². The molecule has 92 valence electrons. The number of amides is 2. The third kappa shape index (κ3) is 2.12. The van der Waals surface area contributed by atoms with Crippen molar-refractivity contribution in [3.63, 3.8) is 0 Å². The average Bonchev–Trinajstić information content (AvgIpc) is 2.59. The lowest BCUT2D eigenvalue weighted by Gasteiger charge is -2.31. The first kappa shape index (κ1) is 13.2. The summed E-state index contributed by atoms with van der Waals surface area (Å²) in [6.07, 6.45) is 1.68. The fourth-order valence-corrected chi connectivity index (χ4v) is 2.40. The van der Waals surface area contributed by atoms with Gasteiger partial charge in [0.15, 0.2) is 0 Å². The van der Waals surface area contributed by atoms with E-state index in [1.54, 1.807) is 6.92 Å². The van der Waals surface area contributed by atoms with E-state index in [4.69, 9.17) is 4.74 Å². The molecule has 1 rings (SSSR count). The lowest BCUT2D eigenvalue weighted by molar-refractivity contribution is -0.793. The Hall–Kier alpha value is -0.900. The minimum absolute atomic E-state index is 0.0179. The molecule has 1 fully saturated rings. The van der Waals surface area contributed by atoms with Crippen LogP contribution in [0, 0.1) is 0 Å². The quantitative estimate of drug-likeness (QED) is 0.682. The summed E-state index contributed by atoms with van der Waals surface area (Å²) in [5, 5.41) is 0. The van der Waals surface area contributed by atoms with Gasteiger partial charge in [0.05, 0.1) is 13.0 Å². The number of carbonyl (C=O) groups excluding carboxylic acids is 2. The predicted molar refractivity (Wildman–Crippen MR) is 60.7 cm³/mol. The van der Waals surface area contributed by atoms with Gasteiger partial charge in [-0.2, -0.15) is 9.28 Å². The van der Waals surface area contributed by atoms with E-state index < -0.39 is 0 Å². The fraction of sp³-hybridized carbons (Fsp3) is 0.833. The number of ether oxygens (including phenoxy) is 1. The summed E-state index contributed by atoms with van der Waals surface area (Å²) in [6.45, 7) is 7.98. The van der Waals surface area contributed by atoms with E-state index in [9.17, 15) is 9.59 Å². The second kappa shape index (κ2) is 4.95. The molecule has 0 spiro atoms. The van der Waals surface area contributed by atoms with E-state index in [0.717, 1.165) is 12.8 Å². The Morgan fingerprint density at radius 1 is 1.44 bits per heavy atom. The number of imide groups is 1. The molecule has 0 saturated carbocycles. The van der Waals surface area contributed by atoms with Gasteiger partial charge in [-0.3, -0.25) is 0 Å². The molecule has 0 bridgehead atoms. The molecule has 0 N–H and O–H groups in total. The van der Waals surface area contributed by atoms with Gasteiger partial charge in [0, 0.05) is 12.8 Å². The van der Waals surface area contributed by atoms with Crippen LogP contribution in [0.1, 0.15) is 47.0 Å². The molecule has 1 aliphatic rings. The number of nitrogens with zero attached hydrogens (tertiary/aromatic N) is 1. The van der Waals surface area contributed by atoms with Crippen LogP contribution >= 0.6 is 0 Å². The van der Waals surface area contributed by atoms with Crippen molar-refractivity contribution in [2.45, 2.75) is 59.1 Å². The number of quaternary nitrogens is 1. The standard InChI is InChI=1S/C12H22NO3/c1-5-11(14)13(8-6-7-10(13)4)12(15)16-9(2)3/h9-10H,5-8H2,1-4H3/q+1/t10-,13?/m1/s1. The van der Waals surface area contributed by atoms with Crippen molar-refractivity contribution in [1.82, 2.24) is 0 Å². The average molecular weight is 228 g/mol. The monoisotopic (exact) mass is 228 g/mol. The molecule has 0 aliphatic carbocycles. The first-order valence-corrected chi connectivity index (χ1v) is 6.07. The van der Waals surface area contributed by atoms with Gasteiger partial charge in [-0.15, -0.1) is 0 Å². The number of rotatable bonds is 2. The highest BCUT2D eigenvalue weighted by Gasteiger charge is 2.53. The van der Waals surface area contributed by atoms with E-state index in [1.807, 2.05) is 20.8 Å². The zero-order valence-corrected chi connectivity index (χ0v) is 10.7. The maximum absolute atomic E-state index is 12.1. The lowest BCUT2D eigenvalue weighted by Crippen LogP contribution is -2.59. The zero-order chi connectivity index (χ0) is 12.3. The SMILES string of the molecule is CCC(=O)[N+]1(C(=O)OC(C)C)CCC[C@H]1C. The van der Waals surface area contributed by atoms with Crippen molar-refractivity contribution in [1.29, 1.82) is 0 Å². The molecule has 1 aliphatic heterocycles. The fourth-order valence-electron chi connectivity index (χ4n) is 2.40. The van der Waals surface area contributed by atoms with E-state index >= 15 is 0 Å². The molecule has 2 amide bonds. The minimum Gasteiger partial charge on any atom is -0.417 e. The number of hydrogen-bond acceptors (Lipinski definition) is 3. The Kier molecular flexibility index (Phi) is 4.08. The van der Waals surface area contributed by atoms with E-state index in [2.05, 4.69) is 0 Å². The molecule has 16 heavy (non-hydrogen) atoms. The third-order valence-corrected chi connectivity index (χ3v) is 3.29. The number of carbonyl (C=O) groups is 2. The summed E-state index contributed by atoms with van der Waals surface area (Å²) in [4.78, 5) is 24.2. The molecule has 1 heterocycles. The Balaban J connectivity index is 2.96. The van der Waals surface area contributed by atoms with Crippen molar-refractivity contribution in [2.24, 2.45) is 0 Å². The molecule has 0 aromatic heterocycles. The van der Waals surface area contributed by atoms with E-state index in [-0.39, 0.29) is 28.6 Å². The maximum atomic E-state index is 12.1. The normalized spacial score (nSPS) is 29.4. The first-order chi connectivity index (χ1) is 7.45. The van der Waals surface area contributed by atoms with Crippen molar-refractivity contribution >= 4 is 12.0 Å². The summed E-state index contributed by atoms with van der Waals surface area (Å²) < 4.78 is 5.14. The highest BCUT2D eigenvalue weighted by atomic mass is 16.6. The molecule has 1 unspecified atom stereocenters. The van der Waals surface area contributed by atoms with Crippen LogP contribution in [-0.4, -0.2) is 35.2 Å². The van der Waals surface area contributed by atoms with Crippen LogP contribution in [0.15, 0.2) is 0 Å². The summed E-state index contributed by atoms with van der Waals surface area (Å²) in [5.41, 5.74) is 0. The first-order valence-electron chi connectivity index (χ1n) is 6.07. The molecule has 0 radical (unpaired) electrons. The minimum atomic E-state index is -0.369. The Bertz CT molecular complexity index is 288. The highest BCUT2D eigenvalue weighted by Crippen LogP contribution is 2.30. The van der Waals surface area contributed by atoms with E-state index in [1.165, 1.54) is 0 Å². The Morgan fingerprint density at radius 3 is 2.44 bits per heavy atom.